The van der Waals surface area contributed by atoms with Crippen LogP contribution < -0.4 is 51.2 Å². The van der Waals surface area contributed by atoms with Crippen molar-refractivity contribution in [1.82, 2.24) is 20.8 Å². The molecule has 6 aromatic carbocycles. The maximum atomic E-state index is 13.1. The normalized spacial score (nSPS) is 14.9. The second-order valence-electron chi connectivity index (χ2n) is 24.0. The van der Waals surface area contributed by atoms with Gasteiger partial charge in [0.15, 0.2) is 0 Å². The molecular weight excluding hydrogens is 1420 g/mol. The smallest absolute Gasteiger partial charge is 0.363 e. The van der Waals surface area contributed by atoms with Crippen molar-refractivity contribution in [2.24, 2.45) is 0 Å². The Kier molecular flexibility index (Phi) is 23.9. The van der Waals surface area contributed by atoms with Crippen LogP contribution in [0.3, 0.4) is 0 Å². The van der Waals surface area contributed by atoms with Crippen molar-refractivity contribution in [1.29, 1.82) is 0 Å². The topological polar surface area (TPSA) is 468 Å². The second kappa shape index (κ2) is 32.0. The minimum absolute atomic E-state index is 0.0422. The van der Waals surface area contributed by atoms with Gasteiger partial charge >= 0.3 is 11.9 Å². The first kappa shape index (κ1) is 76.3. The lowest BCUT2D eigenvalue weighted by Crippen LogP contribution is -2.32. The van der Waals surface area contributed by atoms with E-state index in [0.29, 0.717) is 108 Å². The molecule has 30 nitrogen and oxygen atoms in total. The molecule has 6 N–H and O–H groups in total. The highest BCUT2D eigenvalue weighted by Gasteiger charge is 2.36. The number of hydrogen-bond acceptors (Lipinski definition) is 24. The Balaban J connectivity index is 0.000000237. The summed E-state index contributed by atoms with van der Waals surface area (Å²) >= 11 is 0. The molecular formula is C68H66N4O26S4-2. The Hall–Kier alpha value is -9.88. The second-order valence-corrected chi connectivity index (χ2v) is 30.3. The molecule has 4 heterocycles. The molecule has 2 saturated heterocycles. The van der Waals surface area contributed by atoms with Gasteiger partial charge in [0.05, 0.1) is 46.1 Å². The van der Waals surface area contributed by atoms with Crippen LogP contribution in [-0.4, -0.2) is 146 Å². The van der Waals surface area contributed by atoms with Crippen molar-refractivity contribution in [2.75, 3.05) is 36.1 Å². The molecule has 6 aromatic rings. The highest BCUT2D eigenvalue weighted by molar-refractivity contribution is 7.86. The Bertz CT molecular complexity index is 5110. The first-order valence-corrected chi connectivity index (χ1v) is 37.9. The average molecular weight is 1480 g/mol. The van der Waals surface area contributed by atoms with Crippen molar-refractivity contribution in [3.05, 3.63) is 186 Å². The van der Waals surface area contributed by atoms with Crippen LogP contribution in [0, 0.1) is 0 Å². The summed E-state index contributed by atoms with van der Waals surface area (Å²) in [4.78, 5) is 109. The standard InChI is InChI=1S/2C34H34N2O13S2/c1-20-6-9-24-28(17-20)48-29-19-21(27(5-4-16-51(45,46)47)35-14-2-3-15-50(42,43)44)7-11-25(29)32(24)26-18-22(8-10-23(26)33(39)40)34(41)49-36-30(37)12-13-31(36)38;1-20-6-9-24-28(17-20)48-29-19-21(27(5-4-16-51(45,46)47)35-14-2-3-15-50(42,43)44)7-11-25(29)32(24)23-10-8-22(18-26(23)33(39)40)34(41)49-36-30(37)12-13-31(36)38/h2*6-11,17-19,27,35H,1-5,12-16H2,(H,39,40)(H,42,43,44)(H,45,46,47)/p-2. The molecule has 0 spiro atoms. The van der Waals surface area contributed by atoms with Crippen LogP contribution in [0.4, 0.5) is 0 Å². The number of aromatic carboxylic acids is 2. The molecule has 2 unspecified atom stereocenters. The van der Waals surface area contributed by atoms with Crippen LogP contribution in [0.2, 0.25) is 0 Å². The zero-order valence-corrected chi connectivity index (χ0v) is 57.3. The van der Waals surface area contributed by atoms with Crippen LogP contribution in [0.25, 0.3) is 24.3 Å². The van der Waals surface area contributed by atoms with E-state index in [1.807, 2.05) is 0 Å². The summed E-state index contributed by atoms with van der Waals surface area (Å²) < 4.78 is 139. The lowest BCUT2D eigenvalue weighted by atomic mass is 9.87. The molecule has 2 atom stereocenters. The Morgan fingerprint density at radius 3 is 1.22 bits per heavy atom. The zero-order chi connectivity index (χ0) is 74.2. The van der Waals surface area contributed by atoms with E-state index in [-0.39, 0.29) is 97.8 Å². The van der Waals surface area contributed by atoms with Crippen molar-refractivity contribution < 1.29 is 120 Å². The van der Waals surface area contributed by atoms with E-state index in [0.717, 1.165) is 12.1 Å². The summed E-state index contributed by atoms with van der Waals surface area (Å²) in [6.07, 6.45) is 1.21. The number of amides is 4. The molecule has 2 fully saturated rings. The number of unbranched alkanes of at least 4 members (excludes halogenated alkanes) is 2. The van der Waals surface area contributed by atoms with Crippen LogP contribution in [0.1, 0.15) is 164 Å². The van der Waals surface area contributed by atoms with Gasteiger partial charge in [-0.15, -0.1) is 10.1 Å². The zero-order valence-electron chi connectivity index (χ0n) is 54.0. The number of carbonyl (C=O) groups is 8. The number of nitrogens with one attached hydrogen (secondary N) is 2. The number of ether oxygens (including phenoxy) is 2. The third kappa shape index (κ3) is 19.8. The van der Waals surface area contributed by atoms with Crippen molar-refractivity contribution in [3.63, 3.8) is 0 Å². The van der Waals surface area contributed by atoms with Crippen LogP contribution in [0.15, 0.2) is 109 Å². The maximum absolute atomic E-state index is 13.1. The van der Waals surface area contributed by atoms with E-state index in [2.05, 4.69) is 23.8 Å². The fraction of sp³-hybridized carbons (Fsp3) is 0.294. The minimum Gasteiger partial charge on any atom is -0.545 e. The molecule has 4 amide bonds. The van der Waals surface area contributed by atoms with Gasteiger partial charge in [0.2, 0.25) is 0 Å². The lowest BCUT2D eigenvalue weighted by Gasteiger charge is -2.26. The number of carboxylic acid groups (broad SMARTS) is 2. The number of rotatable bonds is 30. The molecule has 0 radical (unpaired) electrons. The minimum atomic E-state index is -4.25. The van der Waals surface area contributed by atoms with Gasteiger partial charge in [-0.1, -0.05) is 73.8 Å². The third-order valence-electron chi connectivity index (χ3n) is 16.5. The first-order chi connectivity index (χ1) is 48.0. The SMILES string of the molecule is C=c1ccc2c(c1)Oc1cc(C(CCCS(=O)(=O)O)NCCCCS(=O)(=O)O)ccc1C=2c1cc(C(=O)ON2C(=O)CCC2=O)ccc1C(=O)[O-].C=c1ccc2c(c1)Oc1cc(C(CCCS(=O)(=O)O)NCCCCS(=O)(=O)O)ccc1C=2c1ccc(C(=O)ON2C(=O)CCC2=O)cc1C(=O)[O-]. The molecule has 0 bridgehead atoms. The van der Waals surface area contributed by atoms with Gasteiger partial charge in [0.1, 0.15) is 23.0 Å². The molecule has 540 valence electrons. The summed E-state index contributed by atoms with van der Waals surface area (Å²) in [7, 11) is -16.8. The van der Waals surface area contributed by atoms with Gasteiger partial charge in [-0.05, 0) is 146 Å². The van der Waals surface area contributed by atoms with Gasteiger partial charge in [-0.2, -0.15) is 33.7 Å². The van der Waals surface area contributed by atoms with E-state index >= 15 is 0 Å². The summed E-state index contributed by atoms with van der Waals surface area (Å²) in [6.45, 7) is 8.49. The van der Waals surface area contributed by atoms with E-state index in [1.54, 1.807) is 72.8 Å². The Morgan fingerprint density at radius 1 is 0.441 bits per heavy atom. The highest BCUT2D eigenvalue weighted by Crippen LogP contribution is 2.42. The van der Waals surface area contributed by atoms with Crippen LogP contribution >= 0.6 is 0 Å². The largest absolute Gasteiger partial charge is 0.545 e. The van der Waals surface area contributed by atoms with Crippen molar-refractivity contribution in [3.8, 4) is 23.0 Å². The van der Waals surface area contributed by atoms with Crippen LogP contribution in [-0.2, 0) is 69.3 Å². The van der Waals surface area contributed by atoms with Gasteiger partial charge in [-0.25, -0.2) is 9.59 Å². The maximum Gasteiger partial charge on any atom is 0.363 e. The first-order valence-electron chi connectivity index (χ1n) is 31.5. The third-order valence-corrected chi connectivity index (χ3v) is 19.7. The molecule has 4 aliphatic heterocycles. The van der Waals surface area contributed by atoms with Crippen molar-refractivity contribution in [2.45, 2.75) is 89.1 Å². The number of benzene rings is 6. The van der Waals surface area contributed by atoms with Crippen molar-refractivity contribution >= 4 is 112 Å². The molecule has 0 aromatic heterocycles. The molecule has 0 saturated carbocycles. The number of carboxylic acids is 2. The summed E-state index contributed by atoms with van der Waals surface area (Å²) in [5, 5.41) is 34.3. The molecule has 102 heavy (non-hydrogen) atoms. The number of fused-ring (bicyclic) bond motifs is 4. The molecule has 4 aliphatic rings. The van der Waals surface area contributed by atoms with Gasteiger partial charge < -0.3 is 49.6 Å². The van der Waals surface area contributed by atoms with Gasteiger partial charge in [0.25, 0.3) is 64.1 Å². The number of hydroxylamine groups is 4. The predicted octanol–water partition coefficient (Wildman–Crippen LogP) is 2.00. The molecule has 0 aliphatic carbocycles. The fourth-order valence-electron chi connectivity index (χ4n) is 11.7. The quantitative estimate of drug-likeness (QED) is 0.0213. The van der Waals surface area contributed by atoms with E-state index < -0.39 is 129 Å². The number of carbonyl (C=O) groups excluding carboxylic acids is 8. The Labute approximate surface area is 583 Å². The molecule has 10 rings (SSSR count). The van der Waals surface area contributed by atoms with Crippen LogP contribution in [0.5, 0.6) is 23.0 Å². The summed E-state index contributed by atoms with van der Waals surface area (Å²) in [5.41, 5.74) is 1.96. The highest BCUT2D eigenvalue weighted by atomic mass is 32.2. The monoisotopic (exact) mass is 1480 g/mol. The van der Waals surface area contributed by atoms with E-state index in [4.69, 9.17) is 28.3 Å². The van der Waals surface area contributed by atoms with E-state index in [9.17, 15) is 91.3 Å². The number of nitrogens with zero attached hydrogens (tertiary/aromatic N) is 2. The summed E-state index contributed by atoms with van der Waals surface area (Å²) in [5.74, 6) is -8.81. The lowest BCUT2D eigenvalue weighted by molar-refractivity contribution is -0.256. The van der Waals surface area contributed by atoms with Gasteiger partial charge in [-0.3, -0.25) is 37.4 Å². The predicted molar refractivity (Wildman–Crippen MR) is 357 cm³/mol. The number of imide groups is 2. The fourth-order valence-corrected chi connectivity index (χ4v) is 13.9. The summed E-state index contributed by atoms with van der Waals surface area (Å²) in [6, 6.07) is 26.4. The average Bonchev–Trinajstić information content (AvgIpc) is 0.859. The molecule has 34 heteroatoms. The van der Waals surface area contributed by atoms with E-state index in [1.165, 1.54) is 24.3 Å². The Morgan fingerprint density at radius 2 is 0.814 bits per heavy atom. The van der Waals surface area contributed by atoms with Gasteiger partial charge in [0, 0.05) is 81.6 Å². The number of hydrogen-bond donors (Lipinski definition) is 6.